The van der Waals surface area contributed by atoms with E-state index >= 15 is 0 Å². The molecule has 1 heterocycles. The highest BCUT2D eigenvalue weighted by atomic mass is 32.2. The Morgan fingerprint density at radius 1 is 1.44 bits per heavy atom. The SMILES string of the molecule is COCCC(N)CN1CCSC(C)(C)CC1. The van der Waals surface area contributed by atoms with Crippen LogP contribution in [0.2, 0.25) is 0 Å². The van der Waals surface area contributed by atoms with Crippen molar-refractivity contribution in [2.24, 2.45) is 5.73 Å². The summed E-state index contributed by atoms with van der Waals surface area (Å²) in [6, 6.07) is 0.256. The summed E-state index contributed by atoms with van der Waals surface area (Å²) in [5.41, 5.74) is 6.08. The number of methoxy groups -OCH3 is 1. The van der Waals surface area contributed by atoms with Crippen molar-refractivity contribution in [1.29, 1.82) is 0 Å². The van der Waals surface area contributed by atoms with E-state index in [0.717, 1.165) is 19.6 Å². The minimum atomic E-state index is 0.256. The quantitative estimate of drug-likeness (QED) is 0.799. The number of hydrogen-bond donors (Lipinski definition) is 1. The second kappa shape index (κ2) is 6.84. The normalized spacial score (nSPS) is 24.0. The summed E-state index contributed by atoms with van der Waals surface area (Å²) in [7, 11) is 1.73. The molecule has 0 radical (unpaired) electrons. The molecule has 0 aliphatic carbocycles. The molecule has 1 saturated heterocycles. The molecule has 16 heavy (non-hydrogen) atoms. The maximum atomic E-state index is 6.08. The highest BCUT2D eigenvalue weighted by Crippen LogP contribution is 2.30. The molecule has 0 aromatic carbocycles. The van der Waals surface area contributed by atoms with Gasteiger partial charge in [0.25, 0.3) is 0 Å². The van der Waals surface area contributed by atoms with Crippen LogP contribution in [0.4, 0.5) is 0 Å². The minimum Gasteiger partial charge on any atom is -0.385 e. The monoisotopic (exact) mass is 246 g/mol. The topological polar surface area (TPSA) is 38.5 Å². The van der Waals surface area contributed by atoms with Gasteiger partial charge in [-0.25, -0.2) is 0 Å². The van der Waals surface area contributed by atoms with Crippen molar-refractivity contribution < 1.29 is 4.74 Å². The molecule has 1 aliphatic rings. The van der Waals surface area contributed by atoms with E-state index in [4.69, 9.17) is 10.5 Å². The average molecular weight is 246 g/mol. The van der Waals surface area contributed by atoms with Crippen LogP contribution >= 0.6 is 11.8 Å². The number of nitrogens with two attached hydrogens (primary N) is 1. The van der Waals surface area contributed by atoms with E-state index in [1.54, 1.807) is 7.11 Å². The first-order valence-electron chi connectivity index (χ1n) is 6.14. The molecule has 1 unspecified atom stereocenters. The van der Waals surface area contributed by atoms with Gasteiger partial charge in [0, 0.05) is 43.3 Å². The average Bonchev–Trinajstić information content (AvgIpc) is 2.37. The van der Waals surface area contributed by atoms with Gasteiger partial charge >= 0.3 is 0 Å². The van der Waals surface area contributed by atoms with Crippen LogP contribution in [0.5, 0.6) is 0 Å². The Bertz CT molecular complexity index is 199. The van der Waals surface area contributed by atoms with E-state index in [1.165, 1.54) is 25.3 Å². The molecule has 1 rings (SSSR count). The molecule has 3 nitrogen and oxygen atoms in total. The number of rotatable bonds is 5. The van der Waals surface area contributed by atoms with Crippen molar-refractivity contribution in [2.45, 2.75) is 37.5 Å². The molecule has 1 fully saturated rings. The van der Waals surface area contributed by atoms with Crippen molar-refractivity contribution in [1.82, 2.24) is 4.90 Å². The molecular weight excluding hydrogens is 220 g/mol. The highest BCUT2D eigenvalue weighted by Gasteiger charge is 2.24. The van der Waals surface area contributed by atoms with Gasteiger partial charge in [-0.1, -0.05) is 13.8 Å². The van der Waals surface area contributed by atoms with Gasteiger partial charge in [0.15, 0.2) is 0 Å². The number of ether oxygens (including phenoxy) is 1. The summed E-state index contributed by atoms with van der Waals surface area (Å²) in [5.74, 6) is 1.23. The molecular formula is C12H26N2OS. The molecule has 1 atom stereocenters. The van der Waals surface area contributed by atoms with Crippen molar-refractivity contribution in [3.8, 4) is 0 Å². The Balaban J connectivity index is 2.26. The van der Waals surface area contributed by atoms with E-state index in [2.05, 4.69) is 30.5 Å². The summed E-state index contributed by atoms with van der Waals surface area (Å²) in [6.45, 7) is 8.82. The van der Waals surface area contributed by atoms with Crippen LogP contribution < -0.4 is 5.73 Å². The highest BCUT2D eigenvalue weighted by molar-refractivity contribution is 8.00. The largest absolute Gasteiger partial charge is 0.385 e. The van der Waals surface area contributed by atoms with Gasteiger partial charge in [0.1, 0.15) is 0 Å². The molecule has 1 aliphatic heterocycles. The van der Waals surface area contributed by atoms with Gasteiger partial charge in [0.05, 0.1) is 0 Å². The third-order valence-electron chi connectivity index (χ3n) is 3.12. The fourth-order valence-electron chi connectivity index (χ4n) is 1.94. The lowest BCUT2D eigenvalue weighted by atomic mass is 10.1. The van der Waals surface area contributed by atoms with Crippen LogP contribution in [-0.2, 0) is 4.74 Å². The van der Waals surface area contributed by atoms with Gasteiger partial charge in [-0.15, -0.1) is 0 Å². The van der Waals surface area contributed by atoms with Crippen LogP contribution in [0.3, 0.4) is 0 Å². The van der Waals surface area contributed by atoms with Crippen LogP contribution in [0, 0.1) is 0 Å². The first-order valence-corrected chi connectivity index (χ1v) is 7.13. The lowest BCUT2D eigenvalue weighted by Crippen LogP contribution is -2.39. The second-order valence-electron chi connectivity index (χ2n) is 5.20. The third kappa shape index (κ3) is 5.53. The van der Waals surface area contributed by atoms with E-state index < -0.39 is 0 Å². The molecule has 4 heteroatoms. The van der Waals surface area contributed by atoms with Crippen molar-refractivity contribution in [3.05, 3.63) is 0 Å². The Hall–Kier alpha value is 0.230. The van der Waals surface area contributed by atoms with Gasteiger partial charge in [-0.3, -0.25) is 0 Å². The van der Waals surface area contributed by atoms with Gasteiger partial charge < -0.3 is 15.4 Å². The first kappa shape index (κ1) is 14.3. The fourth-order valence-corrected chi connectivity index (χ4v) is 3.07. The standard InChI is InChI=1S/C12H26N2OS/c1-12(2)5-6-14(7-9-16-12)10-11(13)4-8-15-3/h11H,4-10,13H2,1-3H3. The minimum absolute atomic E-state index is 0.256. The summed E-state index contributed by atoms with van der Waals surface area (Å²) in [6.07, 6.45) is 2.22. The van der Waals surface area contributed by atoms with Crippen LogP contribution in [0.15, 0.2) is 0 Å². The predicted octanol–water partition coefficient (Wildman–Crippen LogP) is 1.57. The molecule has 96 valence electrons. The Labute approximate surface area is 104 Å². The zero-order chi connectivity index (χ0) is 12.0. The number of nitrogens with zero attached hydrogens (tertiary/aromatic N) is 1. The summed E-state index contributed by atoms with van der Waals surface area (Å²) >= 11 is 2.08. The summed E-state index contributed by atoms with van der Waals surface area (Å²) in [5, 5.41) is 0. The zero-order valence-corrected chi connectivity index (χ0v) is 11.7. The molecule has 0 bridgehead atoms. The lowest BCUT2D eigenvalue weighted by Gasteiger charge is -2.24. The Morgan fingerprint density at radius 3 is 2.88 bits per heavy atom. The van der Waals surface area contributed by atoms with E-state index in [1.807, 2.05) is 0 Å². The van der Waals surface area contributed by atoms with Gasteiger partial charge in [-0.2, -0.15) is 11.8 Å². The van der Waals surface area contributed by atoms with Gasteiger partial charge in [0.2, 0.25) is 0 Å². The third-order valence-corrected chi connectivity index (χ3v) is 4.49. The van der Waals surface area contributed by atoms with E-state index in [0.29, 0.717) is 4.75 Å². The first-order chi connectivity index (χ1) is 7.53. The maximum absolute atomic E-state index is 6.08. The Morgan fingerprint density at radius 2 is 2.19 bits per heavy atom. The zero-order valence-electron chi connectivity index (χ0n) is 10.9. The molecule has 0 aromatic rings. The van der Waals surface area contributed by atoms with Crippen LogP contribution in [0.25, 0.3) is 0 Å². The number of thioether (sulfide) groups is 1. The summed E-state index contributed by atoms with van der Waals surface area (Å²) in [4.78, 5) is 2.50. The van der Waals surface area contributed by atoms with E-state index in [9.17, 15) is 0 Å². The Kier molecular flexibility index (Phi) is 6.11. The molecule has 0 saturated carbocycles. The molecule has 2 N–H and O–H groups in total. The summed E-state index contributed by atoms with van der Waals surface area (Å²) < 4.78 is 5.49. The number of hydrogen-bond acceptors (Lipinski definition) is 4. The van der Waals surface area contributed by atoms with E-state index in [-0.39, 0.29) is 6.04 Å². The second-order valence-corrected chi connectivity index (χ2v) is 7.00. The van der Waals surface area contributed by atoms with Crippen molar-refractivity contribution in [2.75, 3.05) is 39.1 Å². The molecule has 0 spiro atoms. The molecule has 0 aromatic heterocycles. The van der Waals surface area contributed by atoms with Crippen molar-refractivity contribution >= 4 is 11.8 Å². The van der Waals surface area contributed by atoms with Crippen molar-refractivity contribution in [3.63, 3.8) is 0 Å². The fraction of sp³-hybridized carbons (Fsp3) is 1.00. The van der Waals surface area contributed by atoms with Crippen LogP contribution in [-0.4, -0.2) is 54.8 Å². The maximum Gasteiger partial charge on any atom is 0.0477 e. The predicted molar refractivity (Wildman–Crippen MR) is 72.1 cm³/mol. The lowest BCUT2D eigenvalue weighted by molar-refractivity contribution is 0.176. The smallest absolute Gasteiger partial charge is 0.0477 e. The van der Waals surface area contributed by atoms with Crippen LogP contribution in [0.1, 0.15) is 26.7 Å². The van der Waals surface area contributed by atoms with Gasteiger partial charge in [-0.05, 0) is 19.4 Å². The molecule has 0 amide bonds.